The van der Waals surface area contributed by atoms with Crippen molar-refractivity contribution in [2.24, 2.45) is 16.5 Å². The average Bonchev–Trinajstić information content (AvgIpc) is 2.66. The van der Waals surface area contributed by atoms with E-state index in [1.54, 1.807) is 6.92 Å². The van der Waals surface area contributed by atoms with E-state index in [-0.39, 0.29) is 11.9 Å². The van der Waals surface area contributed by atoms with Gasteiger partial charge in [-0.1, -0.05) is 0 Å². The minimum Gasteiger partial charge on any atom is -0.462 e. The van der Waals surface area contributed by atoms with Gasteiger partial charge in [-0.25, -0.2) is 9.79 Å². The highest BCUT2D eigenvalue weighted by atomic mass is 32.1. The maximum Gasteiger partial charge on any atom is 0.341 e. The molecule has 0 aliphatic heterocycles. The molecule has 1 aromatic rings. The molecule has 0 saturated heterocycles. The minimum atomic E-state index is -0.322. The van der Waals surface area contributed by atoms with Crippen LogP contribution in [0.2, 0.25) is 0 Å². The third-order valence-electron chi connectivity index (χ3n) is 2.86. The Hall–Kier alpha value is -1.56. The van der Waals surface area contributed by atoms with Crippen molar-refractivity contribution in [1.29, 1.82) is 0 Å². The van der Waals surface area contributed by atoms with Gasteiger partial charge in [-0.2, -0.15) is 0 Å². The highest BCUT2D eigenvalue weighted by Gasteiger charge is 2.26. The third kappa shape index (κ3) is 2.48. The Kier molecular flexibility index (Phi) is 3.86. The zero-order valence-electron chi connectivity index (χ0n) is 10.4. The number of fused-ring (bicyclic) bond motifs is 1. The van der Waals surface area contributed by atoms with Crippen LogP contribution in [0.25, 0.3) is 0 Å². The van der Waals surface area contributed by atoms with Gasteiger partial charge >= 0.3 is 5.97 Å². The molecular weight excluding hydrogens is 250 g/mol. The maximum absolute atomic E-state index is 12.0. The maximum atomic E-state index is 12.0. The van der Waals surface area contributed by atoms with Crippen molar-refractivity contribution in [3.8, 4) is 0 Å². The molecule has 98 valence electrons. The van der Waals surface area contributed by atoms with Gasteiger partial charge in [-0.15, -0.1) is 11.3 Å². The normalized spacial score (nSPS) is 13.8. The van der Waals surface area contributed by atoms with Gasteiger partial charge < -0.3 is 16.2 Å². The summed E-state index contributed by atoms with van der Waals surface area (Å²) in [4.78, 5) is 17.3. The van der Waals surface area contributed by atoms with Gasteiger partial charge in [0.05, 0.1) is 12.2 Å². The zero-order chi connectivity index (χ0) is 13.1. The van der Waals surface area contributed by atoms with Crippen LogP contribution < -0.4 is 11.5 Å². The summed E-state index contributed by atoms with van der Waals surface area (Å²) in [5, 5.41) is 0.584. The highest BCUT2D eigenvalue weighted by molar-refractivity contribution is 7.16. The van der Waals surface area contributed by atoms with E-state index in [1.807, 2.05) is 0 Å². The summed E-state index contributed by atoms with van der Waals surface area (Å²) in [5.41, 5.74) is 12.4. The van der Waals surface area contributed by atoms with E-state index in [9.17, 15) is 4.79 Å². The second-order valence-corrected chi connectivity index (χ2v) is 5.23. The molecule has 0 bridgehead atoms. The first-order chi connectivity index (χ1) is 8.63. The number of rotatable bonds is 3. The Labute approximate surface area is 110 Å². The molecule has 6 heteroatoms. The molecule has 0 saturated carbocycles. The first kappa shape index (κ1) is 12.9. The summed E-state index contributed by atoms with van der Waals surface area (Å²) >= 11 is 1.50. The summed E-state index contributed by atoms with van der Waals surface area (Å²) in [7, 11) is 0. The molecule has 0 unspecified atom stereocenters. The van der Waals surface area contributed by atoms with Crippen molar-refractivity contribution in [3.05, 3.63) is 16.0 Å². The van der Waals surface area contributed by atoms with Crippen molar-refractivity contribution in [1.82, 2.24) is 0 Å². The summed E-state index contributed by atoms with van der Waals surface area (Å²) < 4.78 is 5.09. The molecule has 0 atom stereocenters. The van der Waals surface area contributed by atoms with Gasteiger partial charge in [-0.05, 0) is 38.2 Å². The topological polar surface area (TPSA) is 90.7 Å². The lowest BCUT2D eigenvalue weighted by Crippen LogP contribution is -2.22. The zero-order valence-corrected chi connectivity index (χ0v) is 11.2. The number of esters is 1. The lowest BCUT2D eigenvalue weighted by molar-refractivity contribution is 0.0526. The highest BCUT2D eigenvalue weighted by Crippen LogP contribution is 2.40. The monoisotopic (exact) mass is 267 g/mol. The molecule has 0 amide bonds. The molecule has 0 fully saturated rings. The largest absolute Gasteiger partial charge is 0.462 e. The van der Waals surface area contributed by atoms with Gasteiger partial charge in [0.2, 0.25) is 0 Å². The van der Waals surface area contributed by atoms with Gasteiger partial charge in [0.25, 0.3) is 0 Å². The summed E-state index contributed by atoms with van der Waals surface area (Å²) in [6, 6.07) is 0. The van der Waals surface area contributed by atoms with Crippen LogP contribution in [0.4, 0.5) is 5.00 Å². The quantitative estimate of drug-likeness (QED) is 0.495. The van der Waals surface area contributed by atoms with E-state index in [2.05, 4.69) is 4.99 Å². The number of hydrogen-bond donors (Lipinski definition) is 2. The number of nitrogens with zero attached hydrogens (tertiary/aromatic N) is 1. The second kappa shape index (κ2) is 5.39. The minimum absolute atomic E-state index is 0.0286. The first-order valence-corrected chi connectivity index (χ1v) is 6.86. The number of carbonyl (C=O) groups excluding carboxylic acids is 1. The van der Waals surface area contributed by atoms with Crippen molar-refractivity contribution in [3.63, 3.8) is 0 Å². The molecule has 18 heavy (non-hydrogen) atoms. The lowest BCUT2D eigenvalue weighted by atomic mass is 9.95. The van der Waals surface area contributed by atoms with Gasteiger partial charge in [0, 0.05) is 4.88 Å². The van der Waals surface area contributed by atoms with Crippen molar-refractivity contribution in [2.75, 3.05) is 6.61 Å². The predicted molar refractivity (Wildman–Crippen MR) is 72.4 cm³/mol. The van der Waals surface area contributed by atoms with Crippen LogP contribution in [-0.4, -0.2) is 18.5 Å². The number of guanidine groups is 1. The molecule has 5 nitrogen and oxygen atoms in total. The number of hydrogen-bond acceptors (Lipinski definition) is 4. The van der Waals surface area contributed by atoms with E-state index in [1.165, 1.54) is 16.2 Å². The average molecular weight is 267 g/mol. The molecule has 0 radical (unpaired) electrons. The van der Waals surface area contributed by atoms with E-state index >= 15 is 0 Å². The van der Waals surface area contributed by atoms with E-state index in [0.29, 0.717) is 17.2 Å². The Morgan fingerprint density at radius 1 is 1.39 bits per heavy atom. The van der Waals surface area contributed by atoms with Crippen LogP contribution in [0.3, 0.4) is 0 Å². The van der Waals surface area contributed by atoms with E-state index in [0.717, 1.165) is 31.2 Å². The summed E-state index contributed by atoms with van der Waals surface area (Å²) in [6.07, 6.45) is 4.14. The fraction of sp³-hybridized carbons (Fsp3) is 0.500. The summed E-state index contributed by atoms with van der Waals surface area (Å²) in [5.74, 6) is -0.351. The molecular formula is C12H17N3O2S. The Morgan fingerprint density at radius 3 is 2.78 bits per heavy atom. The smallest absolute Gasteiger partial charge is 0.341 e. The van der Waals surface area contributed by atoms with Gasteiger partial charge in [0.15, 0.2) is 5.96 Å². The van der Waals surface area contributed by atoms with Gasteiger partial charge in [-0.3, -0.25) is 0 Å². The van der Waals surface area contributed by atoms with Crippen LogP contribution >= 0.6 is 11.3 Å². The van der Waals surface area contributed by atoms with Crippen LogP contribution in [0.1, 0.15) is 40.6 Å². The van der Waals surface area contributed by atoms with Crippen LogP contribution in [0, 0.1) is 0 Å². The van der Waals surface area contributed by atoms with Crippen LogP contribution in [0.15, 0.2) is 4.99 Å². The first-order valence-electron chi connectivity index (χ1n) is 6.04. The predicted octanol–water partition coefficient (Wildman–Crippen LogP) is 1.71. The number of thiophene rings is 1. The lowest BCUT2D eigenvalue weighted by Gasteiger charge is -2.11. The van der Waals surface area contributed by atoms with Crippen LogP contribution in [0.5, 0.6) is 0 Å². The Morgan fingerprint density at radius 2 is 2.11 bits per heavy atom. The second-order valence-electron chi connectivity index (χ2n) is 4.15. The Bertz CT molecular complexity index is 490. The molecule has 0 spiro atoms. The molecule has 0 aromatic carbocycles. The molecule has 4 N–H and O–H groups in total. The molecule has 1 aliphatic carbocycles. The number of carbonyl (C=O) groups is 1. The fourth-order valence-electron chi connectivity index (χ4n) is 2.16. The SMILES string of the molecule is CCOC(=O)c1c(N=C(N)N)sc2c1CCCC2. The number of nitrogens with two attached hydrogens (primary N) is 2. The molecule has 1 aromatic heterocycles. The number of aryl methyl sites for hydroxylation is 1. The standard InChI is InChI=1S/C12H17N3O2S/c1-2-17-11(16)9-7-5-3-4-6-8(7)18-10(9)15-12(13)14/h2-6H2,1H3,(H4,13,14,15). The third-order valence-corrected chi connectivity index (χ3v) is 4.05. The molecule has 1 heterocycles. The molecule has 2 rings (SSSR count). The van der Waals surface area contributed by atoms with Crippen LogP contribution in [-0.2, 0) is 17.6 Å². The fourth-order valence-corrected chi connectivity index (χ4v) is 3.43. The van der Waals surface area contributed by atoms with Crippen molar-refractivity contribution < 1.29 is 9.53 Å². The molecule has 1 aliphatic rings. The van der Waals surface area contributed by atoms with E-state index < -0.39 is 0 Å². The van der Waals surface area contributed by atoms with Gasteiger partial charge in [0.1, 0.15) is 5.00 Å². The number of aliphatic imine (C=N–C) groups is 1. The summed E-state index contributed by atoms with van der Waals surface area (Å²) in [6.45, 7) is 2.14. The Balaban J connectivity index is 2.48. The number of ether oxygens (including phenoxy) is 1. The van der Waals surface area contributed by atoms with Crippen molar-refractivity contribution >= 4 is 28.3 Å². The van der Waals surface area contributed by atoms with E-state index in [4.69, 9.17) is 16.2 Å². The van der Waals surface area contributed by atoms with Crippen molar-refractivity contribution in [2.45, 2.75) is 32.6 Å².